The van der Waals surface area contributed by atoms with Gasteiger partial charge in [-0.15, -0.1) is 0 Å². The third-order valence-electron chi connectivity index (χ3n) is 2.13. The summed E-state index contributed by atoms with van der Waals surface area (Å²) in [6.45, 7) is 0. The van der Waals surface area contributed by atoms with Gasteiger partial charge >= 0.3 is 14.0 Å². The van der Waals surface area contributed by atoms with Crippen LogP contribution in [0.1, 0.15) is 10.4 Å². The Labute approximate surface area is 82.8 Å². The normalized spacial score (nSPS) is 10.6. The van der Waals surface area contributed by atoms with E-state index in [0.717, 1.165) is 10.8 Å². The Bertz CT molecular complexity index is 500. The minimum Gasteiger partial charge on any atom is -0.234 e. The lowest BCUT2D eigenvalue weighted by Crippen LogP contribution is -1.89. The molecule has 1 unspecified atom stereocenters. The molecule has 0 saturated heterocycles. The largest absolute Gasteiger partial charge is 0.406 e. The molecule has 0 fully saturated rings. The van der Waals surface area contributed by atoms with E-state index in [2.05, 4.69) is 0 Å². The highest BCUT2D eigenvalue weighted by Crippen LogP contribution is 2.21. The van der Waals surface area contributed by atoms with Crippen LogP contribution in [0.3, 0.4) is 0 Å². The number of fused-ring (bicyclic) bond motifs is 1. The molecule has 68 valence electrons. The number of benzene rings is 2. The molecule has 0 aliphatic heterocycles. The summed E-state index contributed by atoms with van der Waals surface area (Å²) in [6, 6.07) is 13.0. The van der Waals surface area contributed by atoms with Gasteiger partial charge in [0.05, 0.1) is 5.56 Å². The Morgan fingerprint density at radius 2 is 1.71 bits per heavy atom. The number of hydrogen-bond donors (Lipinski definition) is 0. The zero-order valence-corrected chi connectivity index (χ0v) is 8.36. The van der Waals surface area contributed by atoms with Crippen molar-refractivity contribution < 1.29 is 9.36 Å². The van der Waals surface area contributed by atoms with Crippen LogP contribution in [0.5, 0.6) is 0 Å². The minimum atomic E-state index is -0.917. The third-order valence-corrected chi connectivity index (χ3v) is 2.58. The van der Waals surface area contributed by atoms with Crippen molar-refractivity contribution in [2.75, 3.05) is 0 Å². The van der Waals surface area contributed by atoms with Crippen molar-refractivity contribution in [1.82, 2.24) is 0 Å². The topological polar surface area (TPSA) is 34.1 Å². The molecule has 0 amide bonds. The van der Waals surface area contributed by atoms with Crippen molar-refractivity contribution in [3.8, 4) is 0 Å². The van der Waals surface area contributed by atoms with E-state index in [0.29, 0.717) is 5.56 Å². The highest BCUT2D eigenvalue weighted by molar-refractivity contribution is 7.47. The van der Waals surface area contributed by atoms with E-state index in [9.17, 15) is 9.36 Å². The smallest absolute Gasteiger partial charge is 0.234 e. The summed E-state index contributed by atoms with van der Waals surface area (Å²) >= 11 is 0. The maximum atomic E-state index is 11.3. The van der Waals surface area contributed by atoms with Crippen LogP contribution in [-0.4, -0.2) is 5.52 Å². The fourth-order valence-electron chi connectivity index (χ4n) is 1.48. The Balaban J connectivity index is 2.77. The van der Waals surface area contributed by atoms with E-state index in [1.807, 2.05) is 30.3 Å². The van der Waals surface area contributed by atoms with Gasteiger partial charge in [-0.3, -0.25) is 0 Å². The molecule has 0 radical (unpaired) electrons. The van der Waals surface area contributed by atoms with E-state index in [1.165, 1.54) is 0 Å². The molecule has 0 N–H and O–H groups in total. The van der Waals surface area contributed by atoms with Crippen molar-refractivity contribution in [2.24, 2.45) is 0 Å². The van der Waals surface area contributed by atoms with Crippen LogP contribution >= 0.6 is 8.46 Å². The van der Waals surface area contributed by atoms with Crippen LogP contribution in [-0.2, 0) is 4.57 Å². The highest BCUT2D eigenvalue weighted by Gasteiger charge is 2.15. The molecule has 1 atom stereocenters. The second-order valence-electron chi connectivity index (χ2n) is 2.96. The Morgan fingerprint density at radius 1 is 1.00 bits per heavy atom. The van der Waals surface area contributed by atoms with Crippen molar-refractivity contribution in [3.05, 3.63) is 48.0 Å². The molecule has 0 aliphatic carbocycles. The molecule has 0 aromatic heterocycles. The standard InChI is InChI=1S/C11H7O2P/c12-11(14-13)10-7-3-5-8-4-1-2-6-9(8)10/h1-7H/p+1. The van der Waals surface area contributed by atoms with E-state index < -0.39 is 8.46 Å². The first-order chi connectivity index (χ1) is 6.83. The molecule has 3 heteroatoms. The summed E-state index contributed by atoms with van der Waals surface area (Å²) in [6.07, 6.45) is 0. The molecule has 14 heavy (non-hydrogen) atoms. The summed E-state index contributed by atoms with van der Waals surface area (Å²) in [5.41, 5.74) is 0.221. The van der Waals surface area contributed by atoms with Gasteiger partial charge in [0, 0.05) is 0 Å². The summed E-state index contributed by atoms with van der Waals surface area (Å²) in [4.78, 5) is 11.3. The van der Waals surface area contributed by atoms with E-state index >= 15 is 0 Å². The SMILES string of the molecule is O=[PH+]C(=O)c1cccc2ccccc12. The predicted octanol–water partition coefficient (Wildman–Crippen LogP) is 3.00. The molecule has 0 heterocycles. The average molecular weight is 203 g/mol. The Morgan fingerprint density at radius 3 is 2.50 bits per heavy atom. The zero-order valence-electron chi connectivity index (χ0n) is 7.36. The molecular weight excluding hydrogens is 195 g/mol. The van der Waals surface area contributed by atoms with Crippen molar-refractivity contribution in [1.29, 1.82) is 0 Å². The van der Waals surface area contributed by atoms with E-state index in [4.69, 9.17) is 0 Å². The van der Waals surface area contributed by atoms with Gasteiger partial charge in [-0.2, -0.15) is 0 Å². The first-order valence-electron chi connectivity index (χ1n) is 4.23. The second-order valence-corrected chi connectivity index (χ2v) is 3.62. The molecule has 0 bridgehead atoms. The molecule has 0 saturated carbocycles. The lowest BCUT2D eigenvalue weighted by molar-refractivity contribution is 0.108. The van der Waals surface area contributed by atoms with Gasteiger partial charge in [-0.25, -0.2) is 4.79 Å². The maximum Gasteiger partial charge on any atom is 0.406 e. The van der Waals surface area contributed by atoms with Gasteiger partial charge in [0.2, 0.25) is 0 Å². The Kier molecular flexibility index (Phi) is 2.38. The number of rotatable bonds is 2. The van der Waals surface area contributed by atoms with Crippen LogP contribution in [0, 0.1) is 0 Å². The quantitative estimate of drug-likeness (QED) is 0.703. The molecule has 2 aromatic rings. The molecule has 2 rings (SSSR count). The second kappa shape index (κ2) is 3.69. The number of carbonyl (C=O) groups is 1. The lowest BCUT2D eigenvalue weighted by Gasteiger charge is -1.98. The fourth-order valence-corrected chi connectivity index (χ4v) is 1.81. The highest BCUT2D eigenvalue weighted by atomic mass is 31.1. The van der Waals surface area contributed by atoms with Gasteiger partial charge in [0.25, 0.3) is 0 Å². The summed E-state index contributed by atoms with van der Waals surface area (Å²) < 4.78 is 10.6. The molecule has 0 aliphatic rings. The maximum absolute atomic E-state index is 11.3. The predicted molar refractivity (Wildman–Crippen MR) is 57.3 cm³/mol. The first kappa shape index (κ1) is 9.04. The van der Waals surface area contributed by atoms with Crippen molar-refractivity contribution >= 4 is 24.8 Å². The van der Waals surface area contributed by atoms with Gasteiger partial charge in [0.15, 0.2) is 0 Å². The number of carbonyl (C=O) groups excluding carboxylic acids is 1. The molecular formula is C11H8O2P+. The summed E-state index contributed by atoms with van der Waals surface area (Å²) in [5, 5.41) is 1.86. The minimum absolute atomic E-state index is 0.318. The summed E-state index contributed by atoms with van der Waals surface area (Å²) in [7, 11) is -0.917. The zero-order chi connectivity index (χ0) is 9.97. The average Bonchev–Trinajstić information content (AvgIpc) is 2.27. The van der Waals surface area contributed by atoms with Gasteiger partial charge in [-0.1, -0.05) is 41.0 Å². The Hall–Kier alpha value is -1.53. The molecule has 2 nitrogen and oxygen atoms in total. The van der Waals surface area contributed by atoms with Gasteiger partial charge < -0.3 is 0 Å². The monoisotopic (exact) mass is 203 g/mol. The molecule has 2 aromatic carbocycles. The summed E-state index contributed by atoms with van der Waals surface area (Å²) in [5.74, 6) is 0. The fraction of sp³-hybridized carbons (Fsp3) is 0. The van der Waals surface area contributed by atoms with Crippen LogP contribution in [0.2, 0.25) is 0 Å². The van der Waals surface area contributed by atoms with Gasteiger partial charge in [0.1, 0.15) is 0 Å². The van der Waals surface area contributed by atoms with Crippen LogP contribution < -0.4 is 0 Å². The van der Waals surface area contributed by atoms with E-state index in [1.54, 1.807) is 12.1 Å². The van der Waals surface area contributed by atoms with Gasteiger partial charge in [-0.05, 0) is 16.8 Å². The van der Waals surface area contributed by atoms with E-state index in [-0.39, 0.29) is 5.52 Å². The molecule has 0 spiro atoms. The first-order valence-corrected chi connectivity index (χ1v) is 5.14. The van der Waals surface area contributed by atoms with Crippen LogP contribution in [0.15, 0.2) is 42.5 Å². The van der Waals surface area contributed by atoms with Crippen molar-refractivity contribution in [3.63, 3.8) is 0 Å². The van der Waals surface area contributed by atoms with Crippen molar-refractivity contribution in [2.45, 2.75) is 0 Å². The van der Waals surface area contributed by atoms with Crippen LogP contribution in [0.25, 0.3) is 10.8 Å². The lowest BCUT2D eigenvalue weighted by atomic mass is 10.1. The third kappa shape index (κ3) is 1.45. The number of hydrogen-bond acceptors (Lipinski definition) is 2. The van der Waals surface area contributed by atoms with Crippen LogP contribution in [0.4, 0.5) is 0 Å².